The fraction of sp³-hybridized carbons (Fsp3) is 0.304. The summed E-state index contributed by atoms with van der Waals surface area (Å²) in [5.41, 5.74) is 0.0583. The summed E-state index contributed by atoms with van der Waals surface area (Å²) in [6, 6.07) is 6.66. The highest BCUT2D eigenvalue weighted by molar-refractivity contribution is 7.54. The minimum absolute atomic E-state index is 0.0152. The van der Waals surface area contributed by atoms with Crippen molar-refractivity contribution in [3.8, 4) is 11.5 Å². The molecule has 0 aliphatic carbocycles. The normalized spacial score (nSPS) is 12.2. The van der Waals surface area contributed by atoms with Crippen molar-refractivity contribution >= 4 is 31.8 Å². The Morgan fingerprint density at radius 3 is 2.00 bits per heavy atom. The van der Waals surface area contributed by atoms with Crippen LogP contribution in [0.25, 0.3) is 0 Å². The SMILES string of the molecule is CCOP(=O)(OCC)C(NC(=O)/N=C\c1ccc(O)c(C(=O)OC)c1)c1ccc(O)c(C(=O)OC)c1. The smallest absolute Gasteiger partial charge is 0.357 e. The Labute approximate surface area is 207 Å². The maximum absolute atomic E-state index is 13.6. The molecule has 2 amide bonds. The fourth-order valence-corrected chi connectivity index (χ4v) is 4.97. The quantitative estimate of drug-likeness (QED) is 0.237. The number of aliphatic imine (C=N–C) groups is 1. The Balaban J connectivity index is 2.44. The number of carbonyl (C=O) groups excluding carboxylic acids is 3. The van der Waals surface area contributed by atoms with E-state index in [-0.39, 0.29) is 47.0 Å². The minimum Gasteiger partial charge on any atom is -0.507 e. The van der Waals surface area contributed by atoms with Crippen LogP contribution < -0.4 is 5.32 Å². The van der Waals surface area contributed by atoms with Gasteiger partial charge in [-0.25, -0.2) is 19.4 Å². The van der Waals surface area contributed by atoms with Crippen LogP contribution in [0.3, 0.4) is 0 Å². The highest BCUT2D eigenvalue weighted by Crippen LogP contribution is 2.59. The third-order valence-electron chi connectivity index (χ3n) is 4.69. The highest BCUT2D eigenvalue weighted by Gasteiger charge is 2.39. The molecular formula is C23H27N2O10P. The first-order valence-electron chi connectivity index (χ1n) is 10.7. The molecule has 12 nitrogen and oxygen atoms in total. The predicted molar refractivity (Wildman–Crippen MR) is 129 cm³/mol. The van der Waals surface area contributed by atoms with Crippen LogP contribution in [0.5, 0.6) is 11.5 Å². The van der Waals surface area contributed by atoms with E-state index in [0.29, 0.717) is 0 Å². The summed E-state index contributed by atoms with van der Waals surface area (Å²) >= 11 is 0. The molecule has 1 atom stereocenters. The van der Waals surface area contributed by atoms with Gasteiger partial charge < -0.3 is 34.1 Å². The summed E-state index contributed by atoms with van der Waals surface area (Å²) in [7, 11) is -1.76. The third-order valence-corrected chi connectivity index (χ3v) is 6.99. The van der Waals surface area contributed by atoms with E-state index >= 15 is 0 Å². The zero-order chi connectivity index (χ0) is 26.9. The van der Waals surface area contributed by atoms with Gasteiger partial charge in [0.25, 0.3) is 0 Å². The second kappa shape index (κ2) is 12.8. The average molecular weight is 522 g/mol. The van der Waals surface area contributed by atoms with Gasteiger partial charge in [-0.2, -0.15) is 0 Å². The van der Waals surface area contributed by atoms with Crippen molar-refractivity contribution in [2.24, 2.45) is 4.99 Å². The largest absolute Gasteiger partial charge is 0.507 e. The van der Waals surface area contributed by atoms with Crippen molar-refractivity contribution < 1.29 is 47.7 Å². The number of aromatic hydroxyl groups is 2. The Hall–Kier alpha value is -3.73. The van der Waals surface area contributed by atoms with Gasteiger partial charge in [0.2, 0.25) is 0 Å². The van der Waals surface area contributed by atoms with Crippen molar-refractivity contribution in [3.05, 3.63) is 58.7 Å². The fourth-order valence-electron chi connectivity index (χ4n) is 3.08. The Morgan fingerprint density at radius 1 is 0.944 bits per heavy atom. The van der Waals surface area contributed by atoms with Crippen LogP contribution in [0.1, 0.15) is 51.5 Å². The molecule has 0 heterocycles. The number of ether oxygens (including phenoxy) is 2. The van der Waals surface area contributed by atoms with Gasteiger partial charge in [0.05, 0.1) is 27.4 Å². The number of amides is 2. The summed E-state index contributed by atoms with van der Waals surface area (Å²) in [6.45, 7) is 3.14. The molecule has 0 spiro atoms. The molecule has 2 aromatic carbocycles. The van der Waals surface area contributed by atoms with E-state index < -0.39 is 31.3 Å². The maximum atomic E-state index is 13.6. The van der Waals surface area contributed by atoms with E-state index in [0.717, 1.165) is 20.4 Å². The maximum Gasteiger partial charge on any atom is 0.357 e. The van der Waals surface area contributed by atoms with Gasteiger partial charge in [-0.3, -0.25) is 4.57 Å². The monoisotopic (exact) mass is 522 g/mol. The Bertz CT molecular complexity index is 1190. The second-order valence-corrected chi connectivity index (χ2v) is 9.13. The van der Waals surface area contributed by atoms with Crippen molar-refractivity contribution in [3.63, 3.8) is 0 Å². The third kappa shape index (κ3) is 6.91. The summed E-state index contributed by atoms with van der Waals surface area (Å²) < 4.78 is 33.6. The lowest BCUT2D eigenvalue weighted by molar-refractivity contribution is 0.0588. The predicted octanol–water partition coefficient (Wildman–Crippen LogP) is 3.76. The zero-order valence-corrected chi connectivity index (χ0v) is 21.0. The van der Waals surface area contributed by atoms with E-state index in [4.69, 9.17) is 9.05 Å². The van der Waals surface area contributed by atoms with Crippen molar-refractivity contribution in [1.29, 1.82) is 0 Å². The molecule has 0 aromatic heterocycles. The summed E-state index contributed by atoms with van der Waals surface area (Å²) in [5, 5.41) is 22.3. The van der Waals surface area contributed by atoms with Gasteiger partial charge in [0, 0.05) is 6.21 Å². The number of urea groups is 1. The number of nitrogens with one attached hydrogen (secondary N) is 1. The van der Waals surface area contributed by atoms with E-state index in [9.17, 15) is 29.2 Å². The van der Waals surface area contributed by atoms with Crippen molar-refractivity contribution in [1.82, 2.24) is 5.32 Å². The van der Waals surface area contributed by atoms with Crippen LogP contribution >= 0.6 is 7.60 Å². The topological polar surface area (TPSA) is 170 Å². The van der Waals surface area contributed by atoms with E-state index in [1.54, 1.807) is 13.8 Å². The Kier molecular flexibility index (Phi) is 10.2. The van der Waals surface area contributed by atoms with Crippen LogP contribution in [-0.4, -0.2) is 61.8 Å². The number of hydrogen-bond acceptors (Lipinski definition) is 10. The van der Waals surface area contributed by atoms with Crippen LogP contribution in [0, 0.1) is 0 Å². The first kappa shape index (κ1) is 28.5. The molecular weight excluding hydrogens is 495 g/mol. The molecule has 2 aromatic rings. The first-order chi connectivity index (χ1) is 17.1. The molecule has 0 aliphatic heterocycles. The molecule has 0 aliphatic rings. The lowest BCUT2D eigenvalue weighted by atomic mass is 10.1. The number of rotatable bonds is 10. The van der Waals surface area contributed by atoms with Crippen LogP contribution in [0.4, 0.5) is 4.79 Å². The van der Waals surface area contributed by atoms with Crippen LogP contribution in [0.2, 0.25) is 0 Å². The van der Waals surface area contributed by atoms with E-state index in [1.165, 1.54) is 36.4 Å². The summed E-state index contributed by atoms with van der Waals surface area (Å²) in [4.78, 5) is 40.3. The molecule has 0 fully saturated rings. The summed E-state index contributed by atoms with van der Waals surface area (Å²) in [6.07, 6.45) is 1.11. The number of benzene rings is 2. The number of methoxy groups -OCH3 is 2. The lowest BCUT2D eigenvalue weighted by Gasteiger charge is -2.27. The molecule has 13 heteroatoms. The molecule has 0 bridgehead atoms. The first-order valence-corrected chi connectivity index (χ1v) is 12.3. The second-order valence-electron chi connectivity index (χ2n) is 7.02. The average Bonchev–Trinajstić information content (AvgIpc) is 2.86. The highest BCUT2D eigenvalue weighted by atomic mass is 31.2. The molecule has 0 saturated heterocycles. The van der Waals surface area contributed by atoms with Gasteiger partial charge in [-0.05, 0) is 55.3 Å². The van der Waals surface area contributed by atoms with Crippen molar-refractivity contribution in [2.75, 3.05) is 27.4 Å². The number of phenolic OH excluding ortho intramolecular Hbond substituents is 2. The number of carbonyl (C=O) groups is 3. The van der Waals surface area contributed by atoms with E-state index in [2.05, 4.69) is 19.8 Å². The number of esters is 2. The number of phenols is 2. The van der Waals surface area contributed by atoms with Gasteiger partial charge in [0.15, 0.2) is 5.78 Å². The zero-order valence-electron chi connectivity index (χ0n) is 20.1. The van der Waals surface area contributed by atoms with Gasteiger partial charge in [0.1, 0.15) is 22.6 Å². The van der Waals surface area contributed by atoms with Crippen LogP contribution in [0.15, 0.2) is 41.4 Å². The molecule has 1 unspecified atom stereocenters. The van der Waals surface area contributed by atoms with Gasteiger partial charge in [-0.1, -0.05) is 6.07 Å². The molecule has 2 rings (SSSR count). The molecule has 0 saturated carbocycles. The molecule has 3 N–H and O–H groups in total. The van der Waals surface area contributed by atoms with E-state index in [1.807, 2.05) is 0 Å². The molecule has 194 valence electrons. The summed E-state index contributed by atoms with van der Waals surface area (Å²) in [5.74, 6) is -3.74. The standard InChI is InChI=1S/C23H27N2O10P/c1-5-34-36(31,35-6-2)20(15-8-10-19(27)17(12-15)22(29)33-4)25-23(30)24-13-14-7-9-18(26)16(11-14)21(28)32-3/h7-13,20,26-27H,5-6H2,1-4H3,(H,25,30)/b24-13-. The van der Waals surface area contributed by atoms with Crippen molar-refractivity contribution in [2.45, 2.75) is 19.6 Å². The lowest BCUT2D eigenvalue weighted by Crippen LogP contribution is -2.28. The number of nitrogens with zero attached hydrogens (tertiary/aromatic N) is 1. The minimum atomic E-state index is -4.04. The number of hydrogen-bond donors (Lipinski definition) is 3. The molecule has 0 radical (unpaired) electrons. The van der Waals surface area contributed by atoms with Gasteiger partial charge >= 0.3 is 25.6 Å². The Morgan fingerprint density at radius 2 is 1.47 bits per heavy atom. The van der Waals surface area contributed by atoms with Crippen LogP contribution in [-0.2, 0) is 23.1 Å². The van der Waals surface area contributed by atoms with Gasteiger partial charge in [-0.15, -0.1) is 0 Å². The molecule has 36 heavy (non-hydrogen) atoms.